The van der Waals surface area contributed by atoms with Crippen LogP contribution in [0.3, 0.4) is 0 Å². The number of para-hydroxylation sites is 1. The van der Waals surface area contributed by atoms with Crippen LogP contribution in [0.2, 0.25) is 13.1 Å². The van der Waals surface area contributed by atoms with Crippen molar-refractivity contribution in [3.8, 4) is 28.5 Å². The molecule has 0 unspecified atom stereocenters. The van der Waals surface area contributed by atoms with Gasteiger partial charge in [0.1, 0.15) is 37.9 Å². The number of furan rings is 1. The molecule has 4 heteroatoms. The Morgan fingerprint density at radius 3 is 2.43 bits per heavy atom. The van der Waals surface area contributed by atoms with Crippen LogP contribution in [0, 0.1) is 25.2 Å². The van der Waals surface area contributed by atoms with Crippen molar-refractivity contribution in [2.75, 3.05) is 0 Å². The number of pyridine rings is 1. The van der Waals surface area contributed by atoms with Crippen LogP contribution >= 0.6 is 0 Å². The van der Waals surface area contributed by atoms with E-state index in [-0.39, 0.29) is 0 Å². The molecule has 1 aliphatic heterocycles. The van der Waals surface area contributed by atoms with E-state index in [1.54, 1.807) is 0 Å². The average molecular weight is 496 g/mol. The summed E-state index contributed by atoms with van der Waals surface area (Å²) in [5, 5.41) is 17.6. The van der Waals surface area contributed by atoms with Gasteiger partial charge in [-0.05, 0) is 64.7 Å². The number of aromatic nitrogens is 1. The molecule has 0 spiro atoms. The lowest BCUT2D eigenvalue weighted by Gasteiger charge is -2.21. The zero-order valence-electron chi connectivity index (χ0n) is 21.7. The molecule has 37 heavy (non-hydrogen) atoms. The Labute approximate surface area is 217 Å². The SMILES string of the molecule is Cc1cc2c(oc3ccccc32)c(-c2c3ccc4c(c3c(C#N)c[n+]2C)[Si](C)(C)c2ccccc2-4)c1C. The zero-order chi connectivity index (χ0) is 25.6. The predicted octanol–water partition coefficient (Wildman–Crippen LogP) is 6.52. The summed E-state index contributed by atoms with van der Waals surface area (Å²) in [4.78, 5) is 0. The summed E-state index contributed by atoms with van der Waals surface area (Å²) in [6.07, 6.45) is 2.02. The number of fused-ring (bicyclic) bond motifs is 8. The van der Waals surface area contributed by atoms with Gasteiger partial charge < -0.3 is 4.42 Å². The number of hydrogen-bond donors (Lipinski definition) is 0. The van der Waals surface area contributed by atoms with Gasteiger partial charge in [0.25, 0.3) is 0 Å². The fourth-order valence-corrected chi connectivity index (χ4v) is 10.1. The van der Waals surface area contributed by atoms with E-state index in [9.17, 15) is 5.26 Å². The molecule has 178 valence electrons. The maximum atomic E-state index is 10.3. The van der Waals surface area contributed by atoms with Crippen LogP contribution in [-0.4, -0.2) is 8.07 Å². The molecule has 2 aromatic heterocycles. The lowest BCUT2D eigenvalue weighted by atomic mass is 9.91. The minimum Gasteiger partial charge on any atom is -0.455 e. The number of rotatable bonds is 1. The van der Waals surface area contributed by atoms with E-state index < -0.39 is 8.07 Å². The van der Waals surface area contributed by atoms with Crippen LogP contribution in [-0.2, 0) is 7.05 Å². The van der Waals surface area contributed by atoms with Gasteiger partial charge >= 0.3 is 0 Å². The number of nitrogens with zero attached hydrogens (tertiary/aromatic N) is 2. The fourth-order valence-electron chi connectivity index (χ4n) is 6.63. The summed E-state index contributed by atoms with van der Waals surface area (Å²) < 4.78 is 8.67. The summed E-state index contributed by atoms with van der Waals surface area (Å²) in [5.41, 5.74) is 9.79. The molecule has 0 atom stereocenters. The molecular weight excluding hydrogens is 468 g/mol. The summed E-state index contributed by atoms with van der Waals surface area (Å²) in [5.74, 6) is 0. The third-order valence-corrected chi connectivity index (χ3v) is 12.0. The van der Waals surface area contributed by atoms with Crippen molar-refractivity contribution in [3.05, 3.63) is 89.6 Å². The molecular formula is C33H27N2OSi+. The second-order valence-corrected chi connectivity index (χ2v) is 15.2. The van der Waals surface area contributed by atoms with Crippen LogP contribution in [0.25, 0.3) is 55.1 Å². The van der Waals surface area contributed by atoms with Crippen molar-refractivity contribution < 1.29 is 8.98 Å². The molecule has 0 saturated heterocycles. The van der Waals surface area contributed by atoms with Gasteiger partial charge in [0.15, 0.2) is 6.20 Å². The molecule has 1 aliphatic rings. The molecule has 0 bridgehead atoms. The normalized spacial score (nSPS) is 13.7. The first-order valence-electron chi connectivity index (χ1n) is 12.7. The van der Waals surface area contributed by atoms with Crippen molar-refractivity contribution >= 4 is 51.2 Å². The van der Waals surface area contributed by atoms with Gasteiger partial charge in [-0.15, -0.1) is 0 Å². The van der Waals surface area contributed by atoms with Crippen LogP contribution < -0.4 is 14.9 Å². The number of aryl methyl sites for hydroxylation is 2. The zero-order valence-corrected chi connectivity index (χ0v) is 22.7. The van der Waals surface area contributed by atoms with Crippen LogP contribution in [0.15, 0.2) is 77.3 Å². The van der Waals surface area contributed by atoms with E-state index in [4.69, 9.17) is 4.42 Å². The summed E-state index contributed by atoms with van der Waals surface area (Å²) in [7, 11) is 0.0288. The van der Waals surface area contributed by atoms with Gasteiger partial charge in [-0.25, -0.2) is 0 Å². The summed E-state index contributed by atoms with van der Waals surface area (Å²) in [6, 6.07) is 26.4. The third kappa shape index (κ3) is 2.78. The highest BCUT2D eigenvalue weighted by molar-refractivity contribution is 7.05. The Morgan fingerprint density at radius 2 is 1.62 bits per heavy atom. The summed E-state index contributed by atoms with van der Waals surface area (Å²) in [6.45, 7) is 9.19. The third-order valence-electron chi connectivity index (χ3n) is 8.47. The monoisotopic (exact) mass is 495 g/mol. The van der Waals surface area contributed by atoms with Crippen LogP contribution in [0.1, 0.15) is 16.7 Å². The standard InChI is InChI=1S/C33H27N2OSi/c1-19-16-26-22-10-6-8-12-27(22)36-32(26)29(20(19)2)31-25-15-14-24-23-11-7-9-13-28(23)37(4,5)33(24)30(25)21(17-34)18-35(31)3/h6-16,18H,1-5H3/q+1. The molecule has 6 aromatic rings. The molecule has 0 amide bonds. The van der Waals surface area contributed by atoms with Gasteiger partial charge in [-0.3, -0.25) is 0 Å². The first kappa shape index (κ1) is 22.0. The molecule has 0 radical (unpaired) electrons. The second kappa shape index (κ2) is 7.41. The molecule has 4 aromatic carbocycles. The molecule has 3 nitrogen and oxygen atoms in total. The highest BCUT2D eigenvalue weighted by atomic mass is 28.3. The van der Waals surface area contributed by atoms with E-state index in [1.165, 1.54) is 32.6 Å². The van der Waals surface area contributed by atoms with E-state index in [0.717, 1.165) is 49.5 Å². The van der Waals surface area contributed by atoms with Crippen molar-refractivity contribution in [1.82, 2.24) is 0 Å². The Morgan fingerprint density at radius 1 is 0.865 bits per heavy atom. The maximum Gasteiger partial charge on any atom is 0.224 e. The van der Waals surface area contributed by atoms with Crippen molar-refractivity contribution in [2.24, 2.45) is 7.05 Å². The molecule has 7 rings (SSSR count). The Hall–Kier alpha value is -4.20. The van der Waals surface area contributed by atoms with Gasteiger partial charge in [-0.1, -0.05) is 61.6 Å². The Balaban J connectivity index is 1.68. The second-order valence-electron chi connectivity index (χ2n) is 10.9. The van der Waals surface area contributed by atoms with E-state index >= 15 is 0 Å². The first-order chi connectivity index (χ1) is 17.8. The molecule has 0 aliphatic carbocycles. The molecule has 0 fully saturated rings. The largest absolute Gasteiger partial charge is 0.455 e. The smallest absolute Gasteiger partial charge is 0.224 e. The lowest BCUT2D eigenvalue weighted by Crippen LogP contribution is -2.50. The minimum absolute atomic E-state index is 0.734. The maximum absolute atomic E-state index is 10.3. The van der Waals surface area contributed by atoms with Gasteiger partial charge in [0.05, 0.1) is 10.9 Å². The number of hydrogen-bond acceptors (Lipinski definition) is 2. The fraction of sp³-hybridized carbons (Fsp3) is 0.152. The Kier molecular flexibility index (Phi) is 4.41. The van der Waals surface area contributed by atoms with E-state index in [1.807, 2.05) is 18.3 Å². The Bertz CT molecular complexity index is 2010. The average Bonchev–Trinajstić information content (AvgIpc) is 3.37. The van der Waals surface area contributed by atoms with Gasteiger partial charge in [0, 0.05) is 16.2 Å². The van der Waals surface area contributed by atoms with Crippen molar-refractivity contribution in [3.63, 3.8) is 0 Å². The number of nitriles is 1. The first-order valence-corrected chi connectivity index (χ1v) is 15.7. The molecule has 3 heterocycles. The van der Waals surface area contributed by atoms with Crippen molar-refractivity contribution in [1.29, 1.82) is 5.26 Å². The van der Waals surface area contributed by atoms with Crippen LogP contribution in [0.5, 0.6) is 0 Å². The number of benzene rings is 4. The van der Waals surface area contributed by atoms with Gasteiger partial charge in [-0.2, -0.15) is 9.83 Å². The summed E-state index contributed by atoms with van der Waals surface area (Å²) >= 11 is 0. The lowest BCUT2D eigenvalue weighted by molar-refractivity contribution is -0.659. The molecule has 0 saturated carbocycles. The van der Waals surface area contributed by atoms with E-state index in [2.05, 4.69) is 99.2 Å². The van der Waals surface area contributed by atoms with Gasteiger partial charge in [0.2, 0.25) is 5.69 Å². The van der Waals surface area contributed by atoms with Crippen molar-refractivity contribution in [2.45, 2.75) is 26.9 Å². The highest BCUT2D eigenvalue weighted by Crippen LogP contribution is 2.42. The van der Waals surface area contributed by atoms with Crippen LogP contribution in [0.4, 0.5) is 0 Å². The quantitative estimate of drug-likeness (QED) is 0.192. The van der Waals surface area contributed by atoms with E-state index in [0.29, 0.717) is 0 Å². The minimum atomic E-state index is -2.02. The predicted molar refractivity (Wildman–Crippen MR) is 154 cm³/mol. The highest BCUT2D eigenvalue weighted by Gasteiger charge is 2.40. The topological polar surface area (TPSA) is 40.8 Å². The molecule has 0 N–H and O–H groups in total.